The molecule has 1 aromatic rings. The molecule has 1 fully saturated rings. The first-order valence-corrected chi connectivity index (χ1v) is 6.68. The molecule has 0 bridgehead atoms. The number of carbonyl (C=O) groups excluding carboxylic acids is 1. The number of hydrogen-bond donors (Lipinski definition) is 3. The van der Waals surface area contributed by atoms with Gasteiger partial charge in [0.05, 0.1) is 11.4 Å². The van der Waals surface area contributed by atoms with Gasteiger partial charge in [-0.15, -0.1) is 0 Å². The minimum absolute atomic E-state index is 0.0917. The summed E-state index contributed by atoms with van der Waals surface area (Å²) in [4.78, 5) is 11.8. The Kier molecular flexibility index (Phi) is 2.86. The Morgan fingerprint density at radius 1 is 1.33 bits per heavy atom. The molecule has 0 radical (unpaired) electrons. The second kappa shape index (κ2) is 4.52. The molecule has 1 heterocycles. The summed E-state index contributed by atoms with van der Waals surface area (Å²) in [5, 5.41) is 9.35. The van der Waals surface area contributed by atoms with Gasteiger partial charge in [0.25, 0.3) is 0 Å². The van der Waals surface area contributed by atoms with Crippen molar-refractivity contribution in [3.05, 3.63) is 23.8 Å². The van der Waals surface area contributed by atoms with Gasteiger partial charge in [-0.05, 0) is 44.2 Å². The number of anilines is 2. The van der Waals surface area contributed by atoms with Gasteiger partial charge in [-0.1, -0.05) is 12.1 Å². The van der Waals surface area contributed by atoms with Crippen LogP contribution in [0, 0.1) is 0 Å². The van der Waals surface area contributed by atoms with E-state index in [0.29, 0.717) is 12.1 Å². The second-order valence-corrected chi connectivity index (χ2v) is 5.30. The average Bonchev–Trinajstić information content (AvgIpc) is 3.14. The van der Waals surface area contributed by atoms with Crippen LogP contribution in [-0.2, 0) is 6.42 Å². The lowest BCUT2D eigenvalue weighted by molar-refractivity contribution is 0.251. The van der Waals surface area contributed by atoms with Crippen LogP contribution in [-0.4, -0.2) is 18.1 Å². The van der Waals surface area contributed by atoms with Crippen molar-refractivity contribution in [2.24, 2.45) is 0 Å². The van der Waals surface area contributed by atoms with E-state index in [1.54, 1.807) is 0 Å². The number of carbonyl (C=O) groups is 1. The molecule has 3 rings (SSSR count). The first-order chi connectivity index (χ1) is 8.72. The highest BCUT2D eigenvalue weighted by Crippen LogP contribution is 2.32. The fraction of sp³-hybridized carbons (Fsp3) is 0.500. The van der Waals surface area contributed by atoms with Crippen molar-refractivity contribution in [2.75, 3.05) is 10.6 Å². The lowest BCUT2D eigenvalue weighted by atomic mass is 9.98. The number of rotatable bonds is 2. The lowest BCUT2D eigenvalue weighted by Crippen LogP contribution is -2.31. The van der Waals surface area contributed by atoms with Crippen LogP contribution < -0.4 is 16.0 Å². The van der Waals surface area contributed by atoms with Gasteiger partial charge >= 0.3 is 6.03 Å². The highest BCUT2D eigenvalue weighted by molar-refractivity contribution is 5.94. The zero-order valence-corrected chi connectivity index (χ0v) is 10.6. The number of aryl methyl sites for hydroxylation is 1. The van der Waals surface area contributed by atoms with E-state index in [4.69, 9.17) is 0 Å². The summed E-state index contributed by atoms with van der Waals surface area (Å²) in [7, 11) is 0. The van der Waals surface area contributed by atoms with Gasteiger partial charge in [0, 0.05) is 12.1 Å². The van der Waals surface area contributed by atoms with E-state index in [-0.39, 0.29) is 6.03 Å². The van der Waals surface area contributed by atoms with E-state index in [0.717, 1.165) is 37.1 Å². The van der Waals surface area contributed by atoms with Crippen molar-refractivity contribution in [3.8, 4) is 0 Å². The summed E-state index contributed by atoms with van der Waals surface area (Å²) in [6.45, 7) is 2.17. The Labute approximate surface area is 107 Å². The molecule has 1 aliphatic carbocycles. The lowest BCUT2D eigenvalue weighted by Gasteiger charge is -2.26. The number of fused-ring (bicyclic) bond motifs is 1. The maximum Gasteiger partial charge on any atom is 0.319 e. The summed E-state index contributed by atoms with van der Waals surface area (Å²) in [6.07, 6.45) is 4.43. The number of benzene rings is 1. The largest absolute Gasteiger partial charge is 0.381 e. The molecule has 0 saturated heterocycles. The third-order valence-corrected chi connectivity index (χ3v) is 3.55. The molecule has 96 valence electrons. The highest BCUT2D eigenvalue weighted by atomic mass is 16.2. The molecule has 1 atom stereocenters. The van der Waals surface area contributed by atoms with Gasteiger partial charge in [0.15, 0.2) is 0 Å². The Morgan fingerprint density at radius 3 is 2.94 bits per heavy atom. The van der Waals surface area contributed by atoms with Crippen molar-refractivity contribution < 1.29 is 4.79 Å². The van der Waals surface area contributed by atoms with Gasteiger partial charge in [0.1, 0.15) is 0 Å². The molecular weight excluding hydrogens is 226 g/mol. The maximum absolute atomic E-state index is 11.8. The Hall–Kier alpha value is -1.71. The third kappa shape index (κ3) is 2.42. The number of amides is 2. The first kappa shape index (κ1) is 11.4. The fourth-order valence-electron chi connectivity index (χ4n) is 2.35. The van der Waals surface area contributed by atoms with Crippen LogP contribution in [0.15, 0.2) is 18.2 Å². The molecule has 1 aromatic carbocycles. The van der Waals surface area contributed by atoms with Gasteiger partial charge in [-0.3, -0.25) is 0 Å². The van der Waals surface area contributed by atoms with E-state index in [2.05, 4.69) is 28.9 Å². The van der Waals surface area contributed by atoms with Crippen LogP contribution in [0.3, 0.4) is 0 Å². The molecular formula is C14H19N3O. The first-order valence-electron chi connectivity index (χ1n) is 6.68. The molecule has 2 amide bonds. The molecule has 1 saturated carbocycles. The van der Waals surface area contributed by atoms with Gasteiger partial charge in [-0.25, -0.2) is 4.79 Å². The summed E-state index contributed by atoms with van der Waals surface area (Å²) >= 11 is 0. The molecule has 1 unspecified atom stereocenters. The standard InChI is InChI=1S/C14H19N3O/c1-9-5-6-10-3-2-4-12(13(10)15-9)17-14(18)16-11-7-8-11/h2-4,9,11,15H,5-8H2,1H3,(H2,16,17,18). The molecule has 4 heteroatoms. The third-order valence-electron chi connectivity index (χ3n) is 3.55. The van der Waals surface area contributed by atoms with E-state index < -0.39 is 0 Å². The Bertz CT molecular complexity index is 468. The van der Waals surface area contributed by atoms with Crippen molar-refractivity contribution in [1.29, 1.82) is 0 Å². The van der Waals surface area contributed by atoms with Crippen LogP contribution >= 0.6 is 0 Å². The van der Waals surface area contributed by atoms with Crippen molar-refractivity contribution in [2.45, 2.75) is 44.7 Å². The molecule has 18 heavy (non-hydrogen) atoms. The molecule has 0 spiro atoms. The minimum Gasteiger partial charge on any atom is -0.381 e. The smallest absolute Gasteiger partial charge is 0.319 e. The normalized spacial score (nSPS) is 21.7. The minimum atomic E-state index is -0.0917. The molecule has 0 aromatic heterocycles. The Balaban J connectivity index is 1.76. The van der Waals surface area contributed by atoms with E-state index >= 15 is 0 Å². The van der Waals surface area contributed by atoms with E-state index in [9.17, 15) is 4.79 Å². The topological polar surface area (TPSA) is 53.2 Å². The van der Waals surface area contributed by atoms with Crippen molar-refractivity contribution in [1.82, 2.24) is 5.32 Å². The second-order valence-electron chi connectivity index (χ2n) is 5.30. The molecule has 3 N–H and O–H groups in total. The van der Waals surface area contributed by atoms with Crippen molar-refractivity contribution >= 4 is 17.4 Å². The van der Waals surface area contributed by atoms with Gasteiger partial charge < -0.3 is 16.0 Å². The van der Waals surface area contributed by atoms with Gasteiger partial charge in [0.2, 0.25) is 0 Å². The van der Waals surface area contributed by atoms with Crippen LogP contribution in [0.25, 0.3) is 0 Å². The van der Waals surface area contributed by atoms with Crippen LogP contribution in [0.2, 0.25) is 0 Å². The molecule has 1 aliphatic heterocycles. The SMILES string of the molecule is CC1CCc2cccc(NC(=O)NC3CC3)c2N1. The summed E-state index contributed by atoms with van der Waals surface area (Å²) in [5.41, 5.74) is 3.26. The summed E-state index contributed by atoms with van der Waals surface area (Å²) in [6, 6.07) is 6.84. The summed E-state index contributed by atoms with van der Waals surface area (Å²) in [5.74, 6) is 0. The summed E-state index contributed by atoms with van der Waals surface area (Å²) < 4.78 is 0. The number of hydrogen-bond acceptors (Lipinski definition) is 2. The highest BCUT2D eigenvalue weighted by Gasteiger charge is 2.24. The van der Waals surface area contributed by atoms with Crippen molar-refractivity contribution in [3.63, 3.8) is 0 Å². The average molecular weight is 245 g/mol. The predicted molar refractivity (Wildman–Crippen MR) is 73.0 cm³/mol. The Morgan fingerprint density at radius 2 is 2.17 bits per heavy atom. The molecule has 4 nitrogen and oxygen atoms in total. The monoisotopic (exact) mass is 245 g/mol. The van der Waals surface area contributed by atoms with Crippen LogP contribution in [0.5, 0.6) is 0 Å². The number of para-hydroxylation sites is 1. The number of urea groups is 1. The zero-order chi connectivity index (χ0) is 12.5. The maximum atomic E-state index is 11.8. The fourth-order valence-corrected chi connectivity index (χ4v) is 2.35. The van der Waals surface area contributed by atoms with E-state index in [1.807, 2.05) is 12.1 Å². The van der Waals surface area contributed by atoms with Gasteiger partial charge in [-0.2, -0.15) is 0 Å². The predicted octanol–water partition coefficient (Wildman–Crippen LogP) is 2.72. The van der Waals surface area contributed by atoms with Crippen LogP contribution in [0.1, 0.15) is 31.7 Å². The zero-order valence-electron chi connectivity index (χ0n) is 10.6. The number of nitrogens with one attached hydrogen (secondary N) is 3. The van der Waals surface area contributed by atoms with E-state index in [1.165, 1.54) is 5.56 Å². The molecule has 2 aliphatic rings. The quantitative estimate of drug-likeness (QED) is 0.750. The van der Waals surface area contributed by atoms with Crippen LogP contribution in [0.4, 0.5) is 16.2 Å².